The van der Waals surface area contributed by atoms with Gasteiger partial charge in [0.15, 0.2) is 0 Å². The SMILES string of the molecule is CC(C)N1CCc2ncn(C)c2[C@@H]1C(=O)N1CCCC[C@@H]1C. The minimum Gasteiger partial charge on any atom is -0.338 e. The summed E-state index contributed by atoms with van der Waals surface area (Å²) in [4.78, 5) is 22.3. The summed E-state index contributed by atoms with van der Waals surface area (Å²) in [6, 6.07) is 0.544. The van der Waals surface area contributed by atoms with Crippen LogP contribution < -0.4 is 0 Å². The van der Waals surface area contributed by atoms with Crippen LogP contribution in [0.2, 0.25) is 0 Å². The van der Waals surface area contributed by atoms with Crippen molar-refractivity contribution in [1.82, 2.24) is 19.4 Å². The second-order valence-corrected chi connectivity index (χ2v) is 7.05. The Hall–Kier alpha value is -1.36. The summed E-state index contributed by atoms with van der Waals surface area (Å²) in [5, 5.41) is 0. The van der Waals surface area contributed by atoms with Gasteiger partial charge < -0.3 is 9.47 Å². The Morgan fingerprint density at radius 1 is 1.32 bits per heavy atom. The van der Waals surface area contributed by atoms with Crippen LogP contribution in [0.5, 0.6) is 0 Å². The van der Waals surface area contributed by atoms with Crippen LogP contribution in [0.1, 0.15) is 57.5 Å². The van der Waals surface area contributed by atoms with Gasteiger partial charge in [0.05, 0.1) is 17.7 Å². The molecule has 3 heterocycles. The van der Waals surface area contributed by atoms with Gasteiger partial charge >= 0.3 is 0 Å². The second kappa shape index (κ2) is 6.03. The number of aryl methyl sites for hydroxylation is 1. The number of hydrogen-bond donors (Lipinski definition) is 0. The first-order valence-corrected chi connectivity index (χ1v) is 8.57. The van der Waals surface area contributed by atoms with Gasteiger partial charge in [-0.1, -0.05) is 0 Å². The Morgan fingerprint density at radius 3 is 2.77 bits per heavy atom. The standard InChI is InChI=1S/C17H28N4O/c1-12(2)20-10-8-14-15(19(4)11-18-14)16(20)17(22)21-9-6-5-7-13(21)3/h11-13,16H,5-10H2,1-4H3/t13-,16+/m0/s1. The van der Waals surface area contributed by atoms with Crippen LogP contribution in [-0.2, 0) is 18.3 Å². The molecule has 0 spiro atoms. The fourth-order valence-corrected chi connectivity index (χ4v) is 3.95. The molecule has 1 saturated heterocycles. The van der Waals surface area contributed by atoms with Gasteiger partial charge in [-0.05, 0) is 40.0 Å². The molecule has 0 aromatic carbocycles. The number of hydrogen-bond acceptors (Lipinski definition) is 3. The van der Waals surface area contributed by atoms with Crippen LogP contribution in [-0.4, -0.2) is 50.4 Å². The predicted molar refractivity (Wildman–Crippen MR) is 86.5 cm³/mol. The maximum Gasteiger partial charge on any atom is 0.246 e. The monoisotopic (exact) mass is 304 g/mol. The molecular formula is C17H28N4O. The summed E-state index contributed by atoms with van der Waals surface area (Å²) >= 11 is 0. The van der Waals surface area contributed by atoms with Gasteiger partial charge in [0.2, 0.25) is 5.91 Å². The van der Waals surface area contributed by atoms with Gasteiger partial charge in [-0.2, -0.15) is 0 Å². The van der Waals surface area contributed by atoms with E-state index >= 15 is 0 Å². The lowest BCUT2D eigenvalue weighted by molar-refractivity contribution is -0.142. The molecule has 1 aromatic rings. The number of fused-ring (bicyclic) bond motifs is 1. The molecule has 0 radical (unpaired) electrons. The molecule has 0 N–H and O–H groups in total. The largest absolute Gasteiger partial charge is 0.338 e. The van der Waals surface area contributed by atoms with E-state index in [0.717, 1.165) is 43.7 Å². The summed E-state index contributed by atoms with van der Waals surface area (Å²) in [6.45, 7) is 8.36. The average Bonchev–Trinajstić information content (AvgIpc) is 2.87. The number of imidazole rings is 1. The van der Waals surface area contributed by atoms with E-state index in [-0.39, 0.29) is 11.9 Å². The van der Waals surface area contributed by atoms with Gasteiger partial charge in [-0.15, -0.1) is 0 Å². The van der Waals surface area contributed by atoms with Crippen molar-refractivity contribution in [3.8, 4) is 0 Å². The zero-order chi connectivity index (χ0) is 15.9. The first-order valence-electron chi connectivity index (χ1n) is 8.57. The molecule has 5 heteroatoms. The molecule has 0 unspecified atom stereocenters. The highest BCUT2D eigenvalue weighted by molar-refractivity contribution is 5.84. The van der Waals surface area contributed by atoms with E-state index in [9.17, 15) is 4.79 Å². The van der Waals surface area contributed by atoms with Crippen LogP contribution in [0.3, 0.4) is 0 Å². The summed E-state index contributed by atoms with van der Waals surface area (Å²) in [5.74, 6) is 0.269. The normalized spacial score (nSPS) is 26.3. The Morgan fingerprint density at radius 2 is 2.09 bits per heavy atom. The zero-order valence-electron chi connectivity index (χ0n) is 14.2. The molecule has 2 aliphatic heterocycles. The molecule has 0 aliphatic carbocycles. The molecular weight excluding hydrogens is 276 g/mol. The van der Waals surface area contributed by atoms with Crippen LogP contribution in [0.25, 0.3) is 0 Å². The van der Waals surface area contributed by atoms with E-state index in [0.29, 0.717) is 12.1 Å². The van der Waals surface area contributed by atoms with Crippen LogP contribution in [0, 0.1) is 0 Å². The number of amides is 1. The predicted octanol–water partition coefficient (Wildman–Crippen LogP) is 2.13. The van der Waals surface area contributed by atoms with E-state index in [1.807, 2.05) is 17.9 Å². The molecule has 0 bridgehead atoms. The van der Waals surface area contributed by atoms with E-state index in [1.165, 1.54) is 6.42 Å². The van der Waals surface area contributed by atoms with Crippen molar-refractivity contribution in [1.29, 1.82) is 0 Å². The van der Waals surface area contributed by atoms with Crippen molar-refractivity contribution in [2.75, 3.05) is 13.1 Å². The molecule has 2 aliphatic rings. The van der Waals surface area contributed by atoms with Gasteiger partial charge in [-0.3, -0.25) is 9.69 Å². The highest BCUT2D eigenvalue weighted by Crippen LogP contribution is 2.33. The number of likely N-dealkylation sites (tertiary alicyclic amines) is 1. The smallest absolute Gasteiger partial charge is 0.246 e. The van der Waals surface area contributed by atoms with Gasteiger partial charge in [0, 0.05) is 38.6 Å². The maximum absolute atomic E-state index is 13.3. The van der Waals surface area contributed by atoms with Crippen molar-refractivity contribution in [3.63, 3.8) is 0 Å². The summed E-state index contributed by atoms with van der Waals surface area (Å²) in [7, 11) is 2.01. The van der Waals surface area contributed by atoms with E-state index < -0.39 is 0 Å². The number of carbonyl (C=O) groups is 1. The molecule has 3 rings (SSSR count). The first kappa shape index (κ1) is 15.5. The van der Waals surface area contributed by atoms with Crippen molar-refractivity contribution in [2.45, 2.75) is 64.6 Å². The third kappa shape index (κ3) is 2.56. The van der Waals surface area contributed by atoms with Crippen LogP contribution in [0.15, 0.2) is 6.33 Å². The quantitative estimate of drug-likeness (QED) is 0.840. The van der Waals surface area contributed by atoms with Crippen molar-refractivity contribution < 1.29 is 4.79 Å². The minimum absolute atomic E-state index is 0.170. The van der Waals surface area contributed by atoms with Crippen molar-refractivity contribution in [2.24, 2.45) is 7.05 Å². The van der Waals surface area contributed by atoms with E-state index in [1.54, 1.807) is 0 Å². The summed E-state index contributed by atoms with van der Waals surface area (Å²) in [6.07, 6.45) is 6.28. The Balaban J connectivity index is 1.96. The third-order valence-corrected chi connectivity index (χ3v) is 5.24. The van der Waals surface area contributed by atoms with Gasteiger partial charge in [0.25, 0.3) is 0 Å². The summed E-state index contributed by atoms with van der Waals surface area (Å²) < 4.78 is 2.04. The Bertz CT molecular complexity index is 551. The number of carbonyl (C=O) groups excluding carboxylic acids is 1. The minimum atomic E-state index is -0.170. The lowest BCUT2D eigenvalue weighted by Crippen LogP contribution is -2.52. The molecule has 1 amide bonds. The van der Waals surface area contributed by atoms with Crippen molar-refractivity contribution >= 4 is 5.91 Å². The maximum atomic E-state index is 13.3. The third-order valence-electron chi connectivity index (χ3n) is 5.24. The lowest BCUT2D eigenvalue weighted by atomic mass is 9.96. The van der Waals surface area contributed by atoms with Gasteiger partial charge in [0.1, 0.15) is 6.04 Å². The molecule has 2 atom stereocenters. The number of aromatic nitrogens is 2. The number of rotatable bonds is 2. The van der Waals surface area contributed by atoms with E-state index in [2.05, 4.69) is 35.6 Å². The Labute approximate surface area is 133 Å². The van der Waals surface area contributed by atoms with Crippen LogP contribution >= 0.6 is 0 Å². The average molecular weight is 304 g/mol. The topological polar surface area (TPSA) is 41.4 Å². The van der Waals surface area contributed by atoms with E-state index in [4.69, 9.17) is 0 Å². The highest BCUT2D eigenvalue weighted by Gasteiger charge is 2.40. The number of piperidine rings is 1. The van der Waals surface area contributed by atoms with Crippen molar-refractivity contribution in [3.05, 3.63) is 17.7 Å². The molecule has 5 nitrogen and oxygen atoms in total. The highest BCUT2D eigenvalue weighted by atomic mass is 16.2. The molecule has 1 aromatic heterocycles. The zero-order valence-corrected chi connectivity index (χ0v) is 14.2. The molecule has 0 saturated carbocycles. The summed E-state index contributed by atoms with van der Waals surface area (Å²) in [5.41, 5.74) is 2.20. The number of nitrogens with zero attached hydrogens (tertiary/aromatic N) is 4. The molecule has 22 heavy (non-hydrogen) atoms. The fraction of sp³-hybridized carbons (Fsp3) is 0.765. The van der Waals surface area contributed by atoms with Crippen LogP contribution in [0.4, 0.5) is 0 Å². The Kier molecular flexibility index (Phi) is 4.26. The fourth-order valence-electron chi connectivity index (χ4n) is 3.95. The first-order chi connectivity index (χ1) is 10.5. The molecule has 1 fully saturated rings. The molecule has 122 valence electrons. The second-order valence-electron chi connectivity index (χ2n) is 7.05. The van der Waals surface area contributed by atoms with Gasteiger partial charge in [-0.25, -0.2) is 4.98 Å². The lowest BCUT2D eigenvalue weighted by Gasteiger charge is -2.42.